The highest BCUT2D eigenvalue weighted by atomic mass is 19.4. The fraction of sp³-hybridized carbons (Fsp3) is 0.659. The zero-order valence-electron chi connectivity index (χ0n) is 36.6. The van der Waals surface area contributed by atoms with Gasteiger partial charge in [-0.05, 0) is 82.6 Å². The van der Waals surface area contributed by atoms with E-state index in [-0.39, 0.29) is 33.6 Å². The van der Waals surface area contributed by atoms with Crippen molar-refractivity contribution in [3.05, 3.63) is 69.0 Å². The average molecular weight is 1040 g/mol. The molecule has 1 unspecified atom stereocenters. The van der Waals surface area contributed by atoms with Crippen molar-refractivity contribution < 1.29 is 110 Å². The van der Waals surface area contributed by atoms with Crippen LogP contribution in [0.5, 0.6) is 0 Å². The van der Waals surface area contributed by atoms with Gasteiger partial charge in [-0.3, -0.25) is 0 Å². The number of anilines is 2. The van der Waals surface area contributed by atoms with Gasteiger partial charge in [0.2, 0.25) is 0 Å². The fourth-order valence-corrected chi connectivity index (χ4v) is 8.04. The minimum Gasteiger partial charge on any atom is -0.321 e. The molecule has 0 fully saturated rings. The molecule has 0 saturated heterocycles. The summed E-state index contributed by atoms with van der Waals surface area (Å²) in [6.45, 7) is 9.47. The molecule has 390 valence electrons. The maximum absolute atomic E-state index is 15.7. The molecular weight excluding hydrogens is 995 g/mol. The van der Waals surface area contributed by atoms with Crippen LogP contribution in [0.25, 0.3) is 0 Å². The molecule has 2 aromatic rings. The standard InChI is InChI=1S/C41H41F25N2/c1-18(2)29-67(27-21(5)14-19(3)15-22(27)6)25(10-12-31(44,45)34(50,51)37(56,57)36(54,55)33(48,49)30(9,42)43)26(68(29)28-23(7)16-20(4)17-24(28)8)11-13-32(46,47)35(52,53)38(58,59)39(60,61)40(62,63)41(64,65)66/h14-18,29H,10-13H2,1-9H3. The van der Waals surface area contributed by atoms with Gasteiger partial charge in [-0.1, -0.05) is 49.2 Å². The maximum Gasteiger partial charge on any atom is 0.460 e. The molecule has 0 N–H and O–H groups in total. The highest BCUT2D eigenvalue weighted by Crippen LogP contribution is 2.63. The summed E-state index contributed by atoms with van der Waals surface area (Å²) in [5, 5.41) is 0. The molecule has 1 aliphatic rings. The Morgan fingerprint density at radius 3 is 0.882 bits per heavy atom. The predicted molar refractivity (Wildman–Crippen MR) is 197 cm³/mol. The largest absolute Gasteiger partial charge is 0.460 e. The van der Waals surface area contributed by atoms with Gasteiger partial charge in [-0.25, -0.2) is 0 Å². The van der Waals surface area contributed by atoms with Crippen LogP contribution in [0.15, 0.2) is 35.7 Å². The van der Waals surface area contributed by atoms with Crippen molar-refractivity contribution in [1.82, 2.24) is 0 Å². The first-order valence-corrected chi connectivity index (χ1v) is 19.6. The van der Waals surface area contributed by atoms with Crippen LogP contribution in [-0.4, -0.2) is 77.5 Å². The van der Waals surface area contributed by atoms with Crippen molar-refractivity contribution in [1.29, 1.82) is 0 Å². The van der Waals surface area contributed by atoms with Crippen molar-refractivity contribution in [3.63, 3.8) is 0 Å². The molecule has 27 heteroatoms. The Balaban J connectivity index is 2.51. The Labute approximate surface area is 371 Å². The lowest BCUT2D eigenvalue weighted by Gasteiger charge is -2.41. The van der Waals surface area contributed by atoms with Crippen LogP contribution in [-0.2, 0) is 0 Å². The molecule has 68 heavy (non-hydrogen) atoms. The molecule has 0 radical (unpaired) electrons. The van der Waals surface area contributed by atoms with E-state index in [1.54, 1.807) is 0 Å². The molecule has 0 saturated carbocycles. The number of hydrogen-bond acceptors (Lipinski definition) is 2. The zero-order chi connectivity index (χ0) is 53.7. The van der Waals surface area contributed by atoms with Crippen LogP contribution in [0.1, 0.15) is 79.8 Å². The summed E-state index contributed by atoms with van der Waals surface area (Å²) in [5.41, 5.74) is -1.74. The lowest BCUT2D eigenvalue weighted by atomic mass is 9.89. The van der Waals surface area contributed by atoms with E-state index in [0.717, 1.165) is 9.80 Å². The summed E-state index contributed by atoms with van der Waals surface area (Å²) in [6, 6.07) is 5.34. The van der Waals surface area contributed by atoms with Crippen LogP contribution < -0.4 is 9.80 Å². The van der Waals surface area contributed by atoms with Crippen LogP contribution in [0, 0.1) is 47.5 Å². The summed E-state index contributed by atoms with van der Waals surface area (Å²) in [7, 11) is 0. The van der Waals surface area contributed by atoms with Gasteiger partial charge in [0.05, 0.1) is 0 Å². The summed E-state index contributed by atoms with van der Waals surface area (Å²) in [4.78, 5) is 1.66. The lowest BCUT2D eigenvalue weighted by molar-refractivity contribution is -0.440. The molecule has 1 aliphatic heterocycles. The van der Waals surface area contributed by atoms with E-state index in [1.165, 1.54) is 79.7 Å². The monoisotopic (exact) mass is 1040 g/mol. The van der Waals surface area contributed by atoms with Crippen molar-refractivity contribution in [2.24, 2.45) is 5.92 Å². The molecule has 1 atom stereocenters. The summed E-state index contributed by atoms with van der Waals surface area (Å²) in [5.74, 6) is -84.9. The van der Waals surface area contributed by atoms with Crippen LogP contribution in [0.3, 0.4) is 0 Å². The quantitative estimate of drug-likeness (QED) is 0.137. The molecule has 0 aromatic heterocycles. The molecule has 0 amide bonds. The Hall–Kier alpha value is -3.97. The normalized spacial score (nSPS) is 17.4. The smallest absolute Gasteiger partial charge is 0.321 e. The third-order valence-electron chi connectivity index (χ3n) is 11.3. The number of halogens is 25. The first-order valence-electron chi connectivity index (χ1n) is 19.6. The lowest BCUT2D eigenvalue weighted by Crippen LogP contribution is -2.70. The zero-order valence-corrected chi connectivity index (χ0v) is 36.6. The molecule has 1 heterocycles. The number of aryl methyl sites for hydroxylation is 6. The topological polar surface area (TPSA) is 6.48 Å². The van der Waals surface area contributed by atoms with Gasteiger partial charge in [-0.2, -0.15) is 110 Å². The summed E-state index contributed by atoms with van der Waals surface area (Å²) < 4.78 is 360. The average Bonchev–Trinajstić information content (AvgIpc) is 3.43. The SMILES string of the molecule is Cc1cc(C)c(N2C(CCC(F)(F)C(F)(F)C(F)(F)C(F)(F)C(F)(F)C(C)(F)F)=C(CCC(F)(F)C(F)(F)C(F)(F)C(F)(F)C(F)(F)C(F)(F)F)N(c3c(C)cc(C)cc3C)C2C(C)C)c(C)c1. The van der Waals surface area contributed by atoms with Gasteiger partial charge in [0.15, 0.2) is 0 Å². The van der Waals surface area contributed by atoms with E-state index in [2.05, 4.69) is 0 Å². The number of benzene rings is 2. The van der Waals surface area contributed by atoms with Gasteiger partial charge >= 0.3 is 71.3 Å². The van der Waals surface area contributed by atoms with Crippen molar-refractivity contribution >= 4 is 11.4 Å². The predicted octanol–water partition coefficient (Wildman–Crippen LogP) is 16.2. The van der Waals surface area contributed by atoms with Crippen LogP contribution in [0.4, 0.5) is 121 Å². The molecule has 0 spiro atoms. The molecule has 3 rings (SSSR count). The Bertz CT molecular complexity index is 2020. The van der Waals surface area contributed by atoms with Gasteiger partial charge in [0.1, 0.15) is 6.17 Å². The maximum atomic E-state index is 15.7. The Morgan fingerprint density at radius 1 is 0.397 bits per heavy atom. The van der Waals surface area contributed by atoms with E-state index in [0.29, 0.717) is 11.1 Å². The van der Waals surface area contributed by atoms with Crippen molar-refractivity contribution in [2.75, 3.05) is 9.80 Å². The first-order chi connectivity index (χ1) is 29.9. The second-order valence-corrected chi connectivity index (χ2v) is 17.2. The molecule has 2 nitrogen and oxygen atoms in total. The summed E-state index contributed by atoms with van der Waals surface area (Å²) in [6.07, 6.45) is -19.6. The number of alkyl halides is 25. The van der Waals surface area contributed by atoms with Gasteiger partial charge in [0, 0.05) is 42.5 Å². The van der Waals surface area contributed by atoms with E-state index in [1.807, 2.05) is 0 Å². The fourth-order valence-electron chi connectivity index (χ4n) is 8.04. The number of rotatable bonds is 18. The van der Waals surface area contributed by atoms with Gasteiger partial charge < -0.3 is 9.80 Å². The Kier molecular flexibility index (Phi) is 14.9. The Morgan fingerprint density at radius 2 is 0.647 bits per heavy atom. The molecule has 2 aromatic carbocycles. The van der Waals surface area contributed by atoms with E-state index >= 15 is 35.1 Å². The number of allylic oxidation sites excluding steroid dienone is 2. The van der Waals surface area contributed by atoms with Crippen molar-refractivity contribution in [2.45, 2.75) is 165 Å². The van der Waals surface area contributed by atoms with Gasteiger partial charge in [0.25, 0.3) is 0 Å². The van der Waals surface area contributed by atoms with Crippen LogP contribution >= 0.6 is 0 Å². The molecule has 0 aliphatic carbocycles. The third-order valence-corrected chi connectivity index (χ3v) is 11.3. The molecule has 0 bridgehead atoms. The van der Waals surface area contributed by atoms with Gasteiger partial charge in [-0.15, -0.1) is 0 Å². The highest BCUT2D eigenvalue weighted by molar-refractivity contribution is 5.74. The second-order valence-electron chi connectivity index (χ2n) is 17.2. The van der Waals surface area contributed by atoms with Crippen LogP contribution in [0.2, 0.25) is 0 Å². The third kappa shape index (κ3) is 8.80. The number of nitrogens with zero attached hydrogens (tertiary/aromatic N) is 2. The second kappa shape index (κ2) is 17.4. The van der Waals surface area contributed by atoms with E-state index in [4.69, 9.17) is 0 Å². The minimum atomic E-state index is -8.34. The summed E-state index contributed by atoms with van der Waals surface area (Å²) >= 11 is 0. The van der Waals surface area contributed by atoms with Crippen molar-refractivity contribution in [3.8, 4) is 0 Å². The first kappa shape index (κ1) is 58.3. The highest BCUT2D eigenvalue weighted by Gasteiger charge is 2.91. The molecular formula is C41H41F25N2. The number of hydrogen-bond donors (Lipinski definition) is 0. The van der Waals surface area contributed by atoms with E-state index in [9.17, 15) is 74.6 Å². The van der Waals surface area contributed by atoms with E-state index < -0.39 is 127 Å². The minimum absolute atomic E-state index is 0.0502.